The van der Waals surface area contributed by atoms with Crippen LogP contribution in [0.2, 0.25) is 0 Å². The van der Waals surface area contributed by atoms with Crippen molar-refractivity contribution in [2.45, 2.75) is 43.8 Å². The van der Waals surface area contributed by atoms with Gasteiger partial charge in [-0.25, -0.2) is 0 Å². The summed E-state index contributed by atoms with van der Waals surface area (Å²) in [7, 11) is 0. The standard InChI is InChI=1S/C18H23N5O2S/c1-11(16-9-12-2-3-13(16)8-12)19-17(25)10-26-18-20-21-22-23(18)14-4-6-15(24)7-5-14/h4-7,11-13,16,24H,2-3,8-10H2,1H3,(H,19,25)/t11-,12+,13+,16-/m1/s1. The zero-order valence-electron chi connectivity index (χ0n) is 14.7. The number of rotatable bonds is 6. The van der Waals surface area contributed by atoms with Gasteiger partial charge in [0.15, 0.2) is 0 Å². The van der Waals surface area contributed by atoms with E-state index in [1.54, 1.807) is 28.9 Å². The number of aromatic hydroxyl groups is 1. The molecule has 2 aliphatic rings. The maximum absolute atomic E-state index is 12.4. The van der Waals surface area contributed by atoms with E-state index in [1.807, 2.05) is 0 Å². The lowest BCUT2D eigenvalue weighted by molar-refractivity contribution is -0.119. The number of tetrazole rings is 1. The summed E-state index contributed by atoms with van der Waals surface area (Å²) < 4.78 is 1.57. The smallest absolute Gasteiger partial charge is 0.230 e. The number of hydrogen-bond donors (Lipinski definition) is 2. The highest BCUT2D eigenvalue weighted by atomic mass is 32.2. The van der Waals surface area contributed by atoms with Gasteiger partial charge in [0, 0.05) is 6.04 Å². The molecule has 2 aromatic rings. The summed E-state index contributed by atoms with van der Waals surface area (Å²) in [6, 6.07) is 6.84. The summed E-state index contributed by atoms with van der Waals surface area (Å²) >= 11 is 1.31. The number of phenolic OH excluding ortho intramolecular Hbond substituents is 1. The Morgan fingerprint density at radius 1 is 1.35 bits per heavy atom. The van der Waals surface area contributed by atoms with E-state index in [9.17, 15) is 9.90 Å². The second-order valence-corrected chi connectivity index (χ2v) is 8.32. The number of fused-ring (bicyclic) bond motifs is 2. The van der Waals surface area contributed by atoms with Gasteiger partial charge in [-0.15, -0.1) is 5.10 Å². The Kier molecular flexibility index (Phi) is 4.84. The fourth-order valence-corrected chi connectivity index (χ4v) is 5.17. The molecule has 0 unspecified atom stereocenters. The van der Waals surface area contributed by atoms with E-state index in [-0.39, 0.29) is 23.5 Å². The van der Waals surface area contributed by atoms with Crippen molar-refractivity contribution in [3.63, 3.8) is 0 Å². The van der Waals surface area contributed by atoms with E-state index in [2.05, 4.69) is 27.8 Å². The third kappa shape index (κ3) is 3.56. The molecule has 7 nitrogen and oxygen atoms in total. The van der Waals surface area contributed by atoms with Gasteiger partial charge in [0.05, 0.1) is 11.4 Å². The Hall–Kier alpha value is -2.09. The number of nitrogens with one attached hydrogen (secondary N) is 1. The van der Waals surface area contributed by atoms with Crippen molar-refractivity contribution in [1.29, 1.82) is 0 Å². The molecule has 138 valence electrons. The van der Waals surface area contributed by atoms with Crippen LogP contribution in [0.15, 0.2) is 29.4 Å². The minimum absolute atomic E-state index is 0.0190. The average Bonchev–Trinajstić information content (AvgIpc) is 3.37. The number of thioether (sulfide) groups is 1. The zero-order chi connectivity index (χ0) is 18.1. The monoisotopic (exact) mass is 373 g/mol. The molecular formula is C18H23N5O2S. The molecule has 1 amide bonds. The van der Waals surface area contributed by atoms with E-state index < -0.39 is 0 Å². The van der Waals surface area contributed by atoms with Crippen molar-refractivity contribution in [3.8, 4) is 11.4 Å². The lowest BCUT2D eigenvalue weighted by atomic mass is 9.84. The van der Waals surface area contributed by atoms with Gasteiger partial charge < -0.3 is 10.4 Å². The van der Waals surface area contributed by atoms with Crippen LogP contribution in [0.1, 0.15) is 32.6 Å². The highest BCUT2D eigenvalue weighted by Gasteiger charge is 2.42. The number of aromatic nitrogens is 4. The van der Waals surface area contributed by atoms with Crippen LogP contribution in [0.3, 0.4) is 0 Å². The minimum atomic E-state index is 0.0190. The molecule has 4 rings (SSSR count). The summed E-state index contributed by atoms with van der Waals surface area (Å²) in [5.74, 6) is 2.79. The Labute approximate surface area is 156 Å². The van der Waals surface area contributed by atoms with Gasteiger partial charge in [-0.05, 0) is 78.6 Å². The van der Waals surface area contributed by atoms with Gasteiger partial charge in [-0.2, -0.15) is 4.68 Å². The van der Waals surface area contributed by atoms with E-state index in [0.29, 0.717) is 11.1 Å². The largest absolute Gasteiger partial charge is 0.508 e. The van der Waals surface area contributed by atoms with Gasteiger partial charge in [0.1, 0.15) is 5.75 Å². The summed E-state index contributed by atoms with van der Waals surface area (Å²) in [4.78, 5) is 12.4. The van der Waals surface area contributed by atoms with Crippen molar-refractivity contribution in [2.24, 2.45) is 17.8 Å². The molecule has 1 heterocycles. The molecule has 1 aromatic heterocycles. The predicted octanol–water partition coefficient (Wildman–Crippen LogP) is 2.40. The minimum Gasteiger partial charge on any atom is -0.508 e. The van der Waals surface area contributed by atoms with Crippen molar-refractivity contribution >= 4 is 17.7 Å². The molecule has 2 bridgehead atoms. The fourth-order valence-electron chi connectivity index (χ4n) is 4.46. The van der Waals surface area contributed by atoms with Crippen LogP contribution in [0, 0.1) is 17.8 Å². The van der Waals surface area contributed by atoms with Crippen molar-refractivity contribution in [3.05, 3.63) is 24.3 Å². The predicted molar refractivity (Wildman–Crippen MR) is 98.1 cm³/mol. The number of nitrogens with zero attached hydrogens (tertiary/aromatic N) is 4. The van der Waals surface area contributed by atoms with Crippen LogP contribution < -0.4 is 5.32 Å². The fraction of sp³-hybridized carbons (Fsp3) is 0.556. The molecule has 4 atom stereocenters. The number of hydrogen-bond acceptors (Lipinski definition) is 6. The third-order valence-corrected chi connectivity index (χ3v) is 6.61. The number of amides is 1. The molecule has 2 saturated carbocycles. The van der Waals surface area contributed by atoms with Gasteiger partial charge >= 0.3 is 0 Å². The summed E-state index contributed by atoms with van der Waals surface area (Å²) in [6.07, 6.45) is 5.31. The van der Waals surface area contributed by atoms with Gasteiger partial charge in [-0.1, -0.05) is 18.2 Å². The van der Waals surface area contributed by atoms with Crippen LogP contribution in [0.25, 0.3) is 5.69 Å². The van der Waals surface area contributed by atoms with Gasteiger partial charge in [-0.3, -0.25) is 4.79 Å². The molecule has 26 heavy (non-hydrogen) atoms. The highest BCUT2D eigenvalue weighted by molar-refractivity contribution is 7.99. The molecule has 1 aromatic carbocycles. The summed E-state index contributed by atoms with van der Waals surface area (Å²) in [6.45, 7) is 2.13. The first-order chi connectivity index (χ1) is 12.6. The normalized spacial score (nSPS) is 25.3. The second-order valence-electron chi connectivity index (χ2n) is 7.37. The molecule has 8 heteroatoms. The van der Waals surface area contributed by atoms with E-state index >= 15 is 0 Å². The number of carbonyl (C=O) groups excluding carboxylic acids is 1. The summed E-state index contributed by atoms with van der Waals surface area (Å²) in [5, 5.41) is 24.8. The first kappa shape index (κ1) is 17.3. The molecule has 2 fully saturated rings. The van der Waals surface area contributed by atoms with Crippen LogP contribution in [0.4, 0.5) is 0 Å². The van der Waals surface area contributed by atoms with E-state index in [0.717, 1.165) is 17.5 Å². The highest BCUT2D eigenvalue weighted by Crippen LogP contribution is 2.49. The third-order valence-electron chi connectivity index (χ3n) is 5.69. The zero-order valence-corrected chi connectivity index (χ0v) is 15.5. The number of carbonyl (C=O) groups is 1. The average molecular weight is 373 g/mol. The Morgan fingerprint density at radius 2 is 2.15 bits per heavy atom. The molecule has 0 saturated heterocycles. The van der Waals surface area contributed by atoms with Crippen molar-refractivity contribution in [1.82, 2.24) is 25.5 Å². The molecule has 0 radical (unpaired) electrons. The Balaban J connectivity index is 1.32. The quantitative estimate of drug-likeness (QED) is 0.756. The maximum atomic E-state index is 12.4. The number of benzene rings is 1. The maximum Gasteiger partial charge on any atom is 0.230 e. The van der Waals surface area contributed by atoms with Gasteiger partial charge in [0.25, 0.3) is 0 Å². The Bertz CT molecular complexity index is 778. The molecule has 2 aliphatic carbocycles. The summed E-state index contributed by atoms with van der Waals surface area (Å²) in [5.41, 5.74) is 0.742. The van der Waals surface area contributed by atoms with Crippen molar-refractivity contribution < 1.29 is 9.90 Å². The number of phenols is 1. The van der Waals surface area contributed by atoms with Crippen LogP contribution >= 0.6 is 11.8 Å². The van der Waals surface area contributed by atoms with Crippen LogP contribution in [-0.4, -0.2) is 43.0 Å². The Morgan fingerprint density at radius 3 is 2.85 bits per heavy atom. The van der Waals surface area contributed by atoms with Gasteiger partial charge in [0.2, 0.25) is 11.1 Å². The lowest BCUT2D eigenvalue weighted by Gasteiger charge is -2.28. The molecule has 0 aliphatic heterocycles. The topological polar surface area (TPSA) is 92.9 Å². The van der Waals surface area contributed by atoms with Crippen LogP contribution in [-0.2, 0) is 4.79 Å². The SMILES string of the molecule is C[C@@H](NC(=O)CSc1nnnn1-c1ccc(O)cc1)[C@H]1C[C@H]2CC[C@H]1C2. The second kappa shape index (κ2) is 7.26. The lowest BCUT2D eigenvalue weighted by Crippen LogP contribution is -2.40. The molecular weight excluding hydrogens is 350 g/mol. The molecule has 0 spiro atoms. The van der Waals surface area contributed by atoms with E-state index in [4.69, 9.17) is 0 Å². The van der Waals surface area contributed by atoms with E-state index in [1.165, 1.54) is 37.4 Å². The first-order valence-electron chi connectivity index (χ1n) is 9.10. The van der Waals surface area contributed by atoms with Crippen LogP contribution in [0.5, 0.6) is 5.75 Å². The van der Waals surface area contributed by atoms with Crippen molar-refractivity contribution in [2.75, 3.05) is 5.75 Å². The first-order valence-corrected chi connectivity index (χ1v) is 10.1. The molecule has 2 N–H and O–H groups in total.